The predicted octanol–water partition coefficient (Wildman–Crippen LogP) is -0.634. The van der Waals surface area contributed by atoms with Crippen molar-refractivity contribution in [3.63, 3.8) is 0 Å². The van der Waals surface area contributed by atoms with Crippen molar-refractivity contribution in [3.8, 4) is 0 Å². The van der Waals surface area contributed by atoms with Crippen molar-refractivity contribution >= 4 is 17.8 Å². The van der Waals surface area contributed by atoms with E-state index >= 15 is 0 Å². The Morgan fingerprint density at radius 2 is 1.45 bits per heavy atom. The standard InChI is InChI=1S/C4H4N2O.CH5N3/c5-3-1-2-4(6)7-3;2-1(3)4/h1-2,5-6H;(H5,2,3,4). The number of rotatable bonds is 0. The maximum atomic E-state index is 6.73. The lowest BCUT2D eigenvalue weighted by Gasteiger charge is -1.87. The molecule has 11 heavy (non-hydrogen) atoms. The summed E-state index contributed by atoms with van der Waals surface area (Å²) in [5.74, 6) is -0.241. The van der Waals surface area contributed by atoms with Crippen molar-refractivity contribution in [1.29, 1.82) is 16.2 Å². The smallest absolute Gasteiger partial charge is 0.214 e. The molecule has 0 spiro atoms. The molecule has 6 nitrogen and oxygen atoms in total. The first-order valence-electron chi connectivity index (χ1n) is 2.65. The van der Waals surface area contributed by atoms with Crippen molar-refractivity contribution < 1.29 is 4.74 Å². The minimum Gasteiger partial charge on any atom is -0.422 e. The van der Waals surface area contributed by atoms with Crippen molar-refractivity contribution in [3.05, 3.63) is 12.2 Å². The minimum absolute atomic E-state index is 0.0463. The molecule has 1 heterocycles. The van der Waals surface area contributed by atoms with Crippen LogP contribution >= 0.6 is 0 Å². The zero-order chi connectivity index (χ0) is 8.85. The number of hydrogen-bond donors (Lipinski definition) is 5. The summed E-state index contributed by atoms with van der Waals surface area (Å²) in [6, 6.07) is 0. The first-order valence-corrected chi connectivity index (χ1v) is 2.65. The molecule has 1 aliphatic rings. The van der Waals surface area contributed by atoms with Crippen LogP contribution in [0.4, 0.5) is 0 Å². The van der Waals surface area contributed by atoms with Crippen LogP contribution in [0.3, 0.4) is 0 Å². The third-order valence-electron chi connectivity index (χ3n) is 0.606. The molecular weight excluding hydrogens is 146 g/mol. The van der Waals surface area contributed by atoms with Crippen molar-refractivity contribution in [2.45, 2.75) is 0 Å². The zero-order valence-electron chi connectivity index (χ0n) is 5.72. The van der Waals surface area contributed by atoms with E-state index in [9.17, 15) is 0 Å². The van der Waals surface area contributed by atoms with Crippen molar-refractivity contribution in [2.24, 2.45) is 11.5 Å². The summed E-state index contributed by atoms with van der Waals surface area (Å²) in [6.07, 6.45) is 2.87. The number of guanidine groups is 1. The highest BCUT2D eigenvalue weighted by atomic mass is 16.5. The molecule has 0 amide bonds. The van der Waals surface area contributed by atoms with E-state index in [1.165, 1.54) is 12.2 Å². The lowest BCUT2D eigenvalue weighted by atomic mass is 10.5. The fourth-order valence-corrected chi connectivity index (χ4v) is 0.338. The first-order chi connectivity index (χ1) is 5.02. The lowest BCUT2D eigenvalue weighted by molar-refractivity contribution is 0.555. The molecule has 0 aliphatic carbocycles. The van der Waals surface area contributed by atoms with Gasteiger partial charge < -0.3 is 16.2 Å². The quantitative estimate of drug-likeness (QED) is 0.235. The molecule has 0 aromatic heterocycles. The minimum atomic E-state index is -0.333. The summed E-state index contributed by atoms with van der Waals surface area (Å²) >= 11 is 0. The number of ether oxygens (including phenoxy) is 1. The Morgan fingerprint density at radius 1 is 1.18 bits per heavy atom. The molecule has 0 unspecified atom stereocenters. The van der Waals surface area contributed by atoms with Crippen LogP contribution in [-0.2, 0) is 4.74 Å². The first kappa shape index (κ1) is 9.15. The third kappa shape index (κ3) is 6.03. The van der Waals surface area contributed by atoms with E-state index in [-0.39, 0.29) is 17.8 Å². The summed E-state index contributed by atoms with van der Waals surface area (Å²) in [4.78, 5) is 0. The Kier molecular flexibility index (Phi) is 3.36. The molecule has 1 aliphatic heterocycles. The van der Waals surface area contributed by atoms with E-state index < -0.39 is 0 Å². The van der Waals surface area contributed by atoms with Crippen LogP contribution < -0.4 is 11.5 Å². The Labute approximate surface area is 63.4 Å². The summed E-state index contributed by atoms with van der Waals surface area (Å²) in [6.45, 7) is 0. The van der Waals surface area contributed by atoms with E-state index in [0.29, 0.717) is 0 Å². The highest BCUT2D eigenvalue weighted by Gasteiger charge is 2.02. The van der Waals surface area contributed by atoms with Crippen LogP contribution in [0.15, 0.2) is 12.2 Å². The Hall–Kier alpha value is -1.85. The van der Waals surface area contributed by atoms with Gasteiger partial charge in [-0.25, -0.2) is 0 Å². The van der Waals surface area contributed by atoms with Gasteiger partial charge in [0.25, 0.3) is 0 Å². The second kappa shape index (κ2) is 4.04. The normalized spacial score (nSPS) is 13.5. The molecule has 0 fully saturated rings. The Balaban J connectivity index is 0.000000218. The van der Waals surface area contributed by atoms with Gasteiger partial charge in [0.1, 0.15) is 0 Å². The second-order valence-corrected chi connectivity index (χ2v) is 1.62. The van der Waals surface area contributed by atoms with E-state index in [4.69, 9.17) is 16.2 Å². The fourth-order valence-electron chi connectivity index (χ4n) is 0.338. The van der Waals surface area contributed by atoms with Gasteiger partial charge in [-0.1, -0.05) is 0 Å². The van der Waals surface area contributed by atoms with Crippen LogP contribution in [0.2, 0.25) is 0 Å². The van der Waals surface area contributed by atoms with Gasteiger partial charge in [-0.05, 0) is 0 Å². The molecule has 0 atom stereocenters. The number of nitrogens with one attached hydrogen (secondary N) is 3. The van der Waals surface area contributed by atoms with Crippen LogP contribution in [-0.4, -0.2) is 17.8 Å². The monoisotopic (exact) mass is 155 g/mol. The molecule has 60 valence electrons. The van der Waals surface area contributed by atoms with Gasteiger partial charge in [0.15, 0.2) is 5.96 Å². The summed E-state index contributed by atoms with van der Waals surface area (Å²) in [5.41, 5.74) is 8.94. The molecule has 6 heteroatoms. The summed E-state index contributed by atoms with van der Waals surface area (Å²) in [5, 5.41) is 19.5. The van der Waals surface area contributed by atoms with Crippen LogP contribution in [0.1, 0.15) is 0 Å². The van der Waals surface area contributed by atoms with Gasteiger partial charge in [0, 0.05) is 12.2 Å². The molecular formula is C5H9N5O. The van der Waals surface area contributed by atoms with Gasteiger partial charge in [-0.15, -0.1) is 0 Å². The average Bonchev–Trinajstić information content (AvgIpc) is 2.13. The summed E-state index contributed by atoms with van der Waals surface area (Å²) in [7, 11) is 0. The van der Waals surface area contributed by atoms with Gasteiger partial charge in [-0.3, -0.25) is 16.2 Å². The molecule has 0 saturated carbocycles. The molecule has 7 N–H and O–H groups in total. The highest BCUT2D eigenvalue weighted by molar-refractivity contribution is 6.07. The van der Waals surface area contributed by atoms with Gasteiger partial charge in [0.05, 0.1) is 0 Å². The Bertz CT molecular complexity index is 199. The number of hydrogen-bond acceptors (Lipinski definition) is 4. The Morgan fingerprint density at radius 3 is 1.55 bits per heavy atom. The zero-order valence-corrected chi connectivity index (χ0v) is 5.72. The highest BCUT2D eigenvalue weighted by Crippen LogP contribution is 1.93. The maximum absolute atomic E-state index is 6.73. The van der Waals surface area contributed by atoms with Gasteiger partial charge in [-0.2, -0.15) is 0 Å². The number of nitrogens with two attached hydrogens (primary N) is 2. The van der Waals surface area contributed by atoms with E-state index in [1.807, 2.05) is 0 Å². The maximum Gasteiger partial charge on any atom is 0.214 e. The van der Waals surface area contributed by atoms with E-state index in [2.05, 4.69) is 16.2 Å². The molecule has 0 aromatic carbocycles. The topological polar surface area (TPSA) is 133 Å². The van der Waals surface area contributed by atoms with Gasteiger partial charge in [0.2, 0.25) is 11.8 Å². The van der Waals surface area contributed by atoms with Gasteiger partial charge >= 0.3 is 0 Å². The largest absolute Gasteiger partial charge is 0.422 e. The van der Waals surface area contributed by atoms with Crippen LogP contribution in [0.5, 0.6) is 0 Å². The van der Waals surface area contributed by atoms with Crippen LogP contribution in [0.25, 0.3) is 0 Å². The van der Waals surface area contributed by atoms with E-state index in [0.717, 1.165) is 0 Å². The SMILES string of the molecule is N=C(N)N.N=C1C=CC(=N)O1. The van der Waals surface area contributed by atoms with Crippen LogP contribution in [0, 0.1) is 16.2 Å². The van der Waals surface area contributed by atoms with Crippen molar-refractivity contribution in [2.75, 3.05) is 0 Å². The fraction of sp³-hybridized carbons (Fsp3) is 0. The lowest BCUT2D eigenvalue weighted by Crippen LogP contribution is -2.20. The molecule has 0 saturated heterocycles. The second-order valence-electron chi connectivity index (χ2n) is 1.62. The third-order valence-corrected chi connectivity index (χ3v) is 0.606. The summed E-state index contributed by atoms with van der Waals surface area (Å²) < 4.78 is 4.42. The molecule has 0 radical (unpaired) electrons. The predicted molar refractivity (Wildman–Crippen MR) is 41.8 cm³/mol. The molecule has 0 bridgehead atoms. The van der Waals surface area contributed by atoms with Crippen molar-refractivity contribution in [1.82, 2.24) is 0 Å². The average molecular weight is 155 g/mol. The van der Waals surface area contributed by atoms with E-state index in [1.54, 1.807) is 0 Å². The molecule has 0 aromatic rings. The molecule has 1 rings (SSSR count).